The van der Waals surface area contributed by atoms with E-state index in [9.17, 15) is 4.79 Å². The van der Waals surface area contributed by atoms with E-state index in [0.717, 1.165) is 42.1 Å². The van der Waals surface area contributed by atoms with E-state index in [1.54, 1.807) is 28.1 Å². The van der Waals surface area contributed by atoms with Gasteiger partial charge < -0.3 is 9.32 Å². The topological polar surface area (TPSA) is 81.5 Å². The van der Waals surface area contributed by atoms with E-state index in [1.165, 1.54) is 0 Å². The van der Waals surface area contributed by atoms with Crippen molar-refractivity contribution < 1.29 is 9.21 Å². The van der Waals surface area contributed by atoms with Gasteiger partial charge in [-0.1, -0.05) is 0 Å². The molecule has 0 saturated heterocycles. The fraction of sp³-hybridized carbons (Fsp3) is 0.364. The number of furan rings is 1. The fourth-order valence-corrected chi connectivity index (χ4v) is 3.65. The minimum Gasteiger partial charge on any atom is -0.469 e. The molecule has 0 aliphatic heterocycles. The van der Waals surface area contributed by atoms with Gasteiger partial charge in [-0.2, -0.15) is 10.2 Å². The number of hydrogen-bond acceptors (Lipinski definition) is 5. The Morgan fingerprint density at radius 2 is 2.10 bits per heavy atom. The van der Waals surface area contributed by atoms with Gasteiger partial charge in [0.15, 0.2) is 5.65 Å². The van der Waals surface area contributed by atoms with Gasteiger partial charge in [0, 0.05) is 43.5 Å². The van der Waals surface area contributed by atoms with Crippen LogP contribution in [0.4, 0.5) is 0 Å². The van der Waals surface area contributed by atoms with Crippen LogP contribution in [0.1, 0.15) is 42.1 Å². The highest BCUT2D eigenvalue weighted by Gasteiger charge is 2.23. The molecule has 0 N–H and O–H groups in total. The van der Waals surface area contributed by atoms with Crippen LogP contribution in [0, 0.1) is 6.92 Å². The van der Waals surface area contributed by atoms with Crippen molar-refractivity contribution in [3.63, 3.8) is 0 Å². The van der Waals surface area contributed by atoms with Crippen LogP contribution in [-0.4, -0.2) is 48.3 Å². The summed E-state index contributed by atoms with van der Waals surface area (Å²) in [7, 11) is 1.82. The van der Waals surface area contributed by atoms with E-state index in [1.807, 2.05) is 50.0 Å². The Balaban J connectivity index is 1.60. The monoisotopic (exact) mass is 406 g/mol. The average molecular weight is 406 g/mol. The first-order chi connectivity index (χ1) is 14.5. The van der Waals surface area contributed by atoms with E-state index in [0.29, 0.717) is 11.2 Å². The normalized spacial score (nSPS) is 12.4. The predicted octanol–water partition coefficient (Wildman–Crippen LogP) is 3.61. The van der Waals surface area contributed by atoms with Crippen molar-refractivity contribution in [2.75, 3.05) is 7.05 Å². The van der Waals surface area contributed by atoms with Crippen molar-refractivity contribution in [2.45, 2.75) is 46.2 Å². The largest absolute Gasteiger partial charge is 0.469 e. The zero-order valence-corrected chi connectivity index (χ0v) is 17.7. The van der Waals surface area contributed by atoms with Crippen molar-refractivity contribution in [3.8, 4) is 11.3 Å². The third kappa shape index (κ3) is 3.49. The number of rotatable bonds is 7. The molecule has 8 nitrogen and oxygen atoms in total. The Bertz CT molecular complexity index is 1160. The molecule has 0 saturated carbocycles. The van der Waals surface area contributed by atoms with Crippen LogP contribution in [0.2, 0.25) is 0 Å². The lowest BCUT2D eigenvalue weighted by atomic mass is 10.1. The second kappa shape index (κ2) is 8.14. The highest BCUT2D eigenvalue weighted by Crippen LogP contribution is 2.25. The van der Waals surface area contributed by atoms with Crippen LogP contribution >= 0.6 is 0 Å². The molecule has 4 heterocycles. The van der Waals surface area contributed by atoms with Crippen molar-refractivity contribution in [3.05, 3.63) is 60.1 Å². The first kappa shape index (κ1) is 19.9. The smallest absolute Gasteiger partial charge is 0.259 e. The summed E-state index contributed by atoms with van der Waals surface area (Å²) in [5, 5.41) is 8.90. The Morgan fingerprint density at radius 3 is 2.80 bits per heavy atom. The summed E-state index contributed by atoms with van der Waals surface area (Å²) >= 11 is 0. The van der Waals surface area contributed by atoms with E-state index in [4.69, 9.17) is 4.42 Å². The van der Waals surface area contributed by atoms with Crippen LogP contribution in [0.25, 0.3) is 16.9 Å². The third-order valence-electron chi connectivity index (χ3n) is 5.68. The molecule has 4 aromatic rings. The molecule has 0 bridgehead atoms. The van der Waals surface area contributed by atoms with Crippen molar-refractivity contribution in [2.24, 2.45) is 0 Å². The molecule has 1 amide bonds. The van der Waals surface area contributed by atoms with Gasteiger partial charge in [-0.15, -0.1) is 0 Å². The predicted molar refractivity (Wildman–Crippen MR) is 113 cm³/mol. The van der Waals surface area contributed by atoms with Crippen molar-refractivity contribution in [1.29, 1.82) is 0 Å². The molecule has 30 heavy (non-hydrogen) atoms. The van der Waals surface area contributed by atoms with Crippen LogP contribution in [0.15, 0.2) is 47.5 Å². The molecule has 0 fully saturated rings. The van der Waals surface area contributed by atoms with Crippen LogP contribution in [-0.2, 0) is 13.0 Å². The number of hydrogen-bond donors (Lipinski definition) is 0. The lowest BCUT2D eigenvalue weighted by molar-refractivity contribution is 0.0738. The van der Waals surface area contributed by atoms with Gasteiger partial charge in [0.1, 0.15) is 11.3 Å². The van der Waals surface area contributed by atoms with E-state index in [2.05, 4.69) is 22.1 Å². The maximum Gasteiger partial charge on any atom is 0.259 e. The molecule has 0 aliphatic rings. The Labute approximate surface area is 175 Å². The molecule has 1 atom stereocenters. The molecule has 0 aliphatic carbocycles. The zero-order chi connectivity index (χ0) is 21.3. The zero-order valence-electron chi connectivity index (χ0n) is 17.7. The van der Waals surface area contributed by atoms with Gasteiger partial charge in [0.05, 0.1) is 24.4 Å². The minimum absolute atomic E-state index is 0.0470. The number of carbonyl (C=O) groups excluding carboxylic acids is 1. The molecular weight excluding hydrogens is 380 g/mol. The maximum absolute atomic E-state index is 13.2. The van der Waals surface area contributed by atoms with Crippen molar-refractivity contribution >= 4 is 11.6 Å². The van der Waals surface area contributed by atoms with Crippen LogP contribution in [0.3, 0.4) is 0 Å². The Hall–Kier alpha value is -3.42. The number of aromatic nitrogens is 5. The maximum atomic E-state index is 13.2. The lowest BCUT2D eigenvalue weighted by Gasteiger charge is -2.24. The Kier molecular flexibility index (Phi) is 5.39. The summed E-state index contributed by atoms with van der Waals surface area (Å²) in [6.07, 6.45) is 8.41. The SMILES string of the molecule is CCn1ncc(-c2ccnc3c(C(=O)N(C)[C@H](C)CCc4ccco4)cnn23)c1C. The highest BCUT2D eigenvalue weighted by atomic mass is 16.3. The van der Waals surface area contributed by atoms with E-state index < -0.39 is 0 Å². The first-order valence-corrected chi connectivity index (χ1v) is 10.2. The standard InChI is InChI=1S/C22H26N6O2/c1-5-27-16(3)18(13-24-27)20-10-11-23-21-19(14-25-28(20)21)22(29)26(4)15(2)8-9-17-7-6-12-30-17/h6-7,10-15H,5,8-9H2,1-4H3/t15-/m1/s1. The molecule has 0 radical (unpaired) electrons. The van der Waals surface area contributed by atoms with Gasteiger partial charge in [-0.25, -0.2) is 9.50 Å². The number of nitrogens with zero attached hydrogens (tertiary/aromatic N) is 6. The summed E-state index contributed by atoms with van der Waals surface area (Å²) in [5.41, 5.74) is 3.93. The molecule has 0 spiro atoms. The van der Waals surface area contributed by atoms with Crippen LogP contribution in [0.5, 0.6) is 0 Å². The van der Waals surface area contributed by atoms with Crippen molar-refractivity contribution in [1.82, 2.24) is 29.3 Å². The molecule has 0 unspecified atom stereocenters. The second-order valence-electron chi connectivity index (χ2n) is 7.47. The number of amides is 1. The summed E-state index contributed by atoms with van der Waals surface area (Å²) in [4.78, 5) is 19.4. The molecule has 156 valence electrons. The number of carbonyl (C=O) groups is 1. The van der Waals surface area contributed by atoms with E-state index >= 15 is 0 Å². The Morgan fingerprint density at radius 1 is 1.27 bits per heavy atom. The summed E-state index contributed by atoms with van der Waals surface area (Å²) in [6.45, 7) is 6.92. The molecule has 4 aromatic heterocycles. The first-order valence-electron chi connectivity index (χ1n) is 10.2. The number of aryl methyl sites for hydroxylation is 2. The number of fused-ring (bicyclic) bond motifs is 1. The fourth-order valence-electron chi connectivity index (χ4n) is 3.65. The van der Waals surface area contributed by atoms with Gasteiger partial charge in [0.2, 0.25) is 0 Å². The highest BCUT2D eigenvalue weighted by molar-refractivity contribution is 6.00. The van der Waals surface area contributed by atoms with Gasteiger partial charge in [-0.3, -0.25) is 9.48 Å². The summed E-state index contributed by atoms with van der Waals surface area (Å²) in [6, 6.07) is 5.77. The van der Waals surface area contributed by atoms with Gasteiger partial charge in [0.25, 0.3) is 5.91 Å². The molecule has 8 heteroatoms. The second-order valence-corrected chi connectivity index (χ2v) is 7.47. The quantitative estimate of drug-likeness (QED) is 0.468. The lowest BCUT2D eigenvalue weighted by Crippen LogP contribution is -2.35. The summed E-state index contributed by atoms with van der Waals surface area (Å²) in [5.74, 6) is 0.829. The summed E-state index contributed by atoms with van der Waals surface area (Å²) < 4.78 is 9.05. The average Bonchev–Trinajstić information content (AvgIpc) is 3.50. The van der Waals surface area contributed by atoms with E-state index in [-0.39, 0.29) is 11.9 Å². The minimum atomic E-state index is -0.0948. The molecular formula is C22H26N6O2. The van der Waals surface area contributed by atoms with Gasteiger partial charge >= 0.3 is 0 Å². The molecule has 4 rings (SSSR count). The van der Waals surface area contributed by atoms with Crippen LogP contribution < -0.4 is 0 Å². The third-order valence-corrected chi connectivity index (χ3v) is 5.68. The molecule has 0 aromatic carbocycles. The van der Waals surface area contributed by atoms with Gasteiger partial charge in [-0.05, 0) is 45.4 Å².